The maximum Gasteiger partial charge on any atom is 0.245 e. The lowest BCUT2D eigenvalue weighted by atomic mass is 9.84. The van der Waals surface area contributed by atoms with Gasteiger partial charge in [0.2, 0.25) is 5.95 Å². The molecule has 0 saturated carbocycles. The predicted molar refractivity (Wildman–Crippen MR) is 127 cm³/mol. The normalized spacial score (nSPS) is 15.5. The molecule has 2 heterocycles. The van der Waals surface area contributed by atoms with Gasteiger partial charge in [0.25, 0.3) is 0 Å². The number of aliphatic hydroxyl groups is 1. The number of piperidine rings is 1. The highest BCUT2D eigenvalue weighted by Gasteiger charge is 2.35. The van der Waals surface area contributed by atoms with E-state index in [1.165, 1.54) is 0 Å². The molecular formula is C27H26N4O. The first-order valence-corrected chi connectivity index (χ1v) is 11.0. The number of nitrogens with zero attached hydrogens (tertiary/aromatic N) is 4. The number of benzene rings is 3. The van der Waals surface area contributed by atoms with Crippen molar-refractivity contribution in [3.63, 3.8) is 0 Å². The van der Waals surface area contributed by atoms with E-state index >= 15 is 0 Å². The highest BCUT2D eigenvalue weighted by atomic mass is 16.3. The number of hydrogen-bond acceptors (Lipinski definition) is 5. The number of hydrogen-bond donors (Lipinski definition) is 1. The first-order valence-electron chi connectivity index (χ1n) is 11.0. The van der Waals surface area contributed by atoms with Crippen LogP contribution < -0.4 is 4.90 Å². The minimum Gasteiger partial charge on any atom is -0.385 e. The molecule has 0 radical (unpaired) electrons. The Kier molecular flexibility index (Phi) is 5.41. The lowest BCUT2D eigenvalue weighted by Gasteiger charge is -2.38. The van der Waals surface area contributed by atoms with Gasteiger partial charge in [-0.3, -0.25) is 0 Å². The number of aromatic nitrogens is 3. The molecule has 4 aromatic rings. The quantitative estimate of drug-likeness (QED) is 0.501. The molecule has 3 aromatic carbocycles. The van der Waals surface area contributed by atoms with Gasteiger partial charge in [0, 0.05) is 24.2 Å². The summed E-state index contributed by atoms with van der Waals surface area (Å²) < 4.78 is 0. The van der Waals surface area contributed by atoms with Crippen molar-refractivity contribution < 1.29 is 5.11 Å². The Morgan fingerprint density at radius 3 is 2.00 bits per heavy atom. The summed E-state index contributed by atoms with van der Waals surface area (Å²) in [5, 5.41) is 20.3. The lowest BCUT2D eigenvalue weighted by Crippen LogP contribution is -2.43. The minimum absolute atomic E-state index is 0.606. The molecule has 1 saturated heterocycles. The summed E-state index contributed by atoms with van der Waals surface area (Å²) in [6, 6.07) is 28.3. The molecular weight excluding hydrogens is 396 g/mol. The fourth-order valence-electron chi connectivity index (χ4n) is 4.34. The fraction of sp³-hybridized carbons (Fsp3) is 0.222. The van der Waals surface area contributed by atoms with Crippen LogP contribution in [0.1, 0.15) is 24.0 Å². The predicted octanol–water partition coefficient (Wildman–Crippen LogP) is 5.00. The highest BCUT2D eigenvalue weighted by Crippen LogP contribution is 2.35. The number of rotatable bonds is 4. The zero-order valence-electron chi connectivity index (χ0n) is 18.1. The summed E-state index contributed by atoms with van der Waals surface area (Å²) in [6.07, 6.45) is 1.25. The van der Waals surface area contributed by atoms with Gasteiger partial charge >= 0.3 is 0 Å². The van der Waals surface area contributed by atoms with Gasteiger partial charge in [-0.25, -0.2) is 4.98 Å². The maximum absolute atomic E-state index is 11.3. The SMILES string of the molecule is Cc1cccc(C2(O)CCN(c3nnc(-c4ccccc4)c(-c4ccccc4)n3)CC2)c1. The first kappa shape index (κ1) is 20.3. The molecule has 0 unspecified atom stereocenters. The molecule has 0 spiro atoms. The standard InChI is InChI=1S/C27H26N4O/c1-20-9-8-14-23(19-20)27(32)15-17-31(18-16-27)26-28-24(21-10-4-2-5-11-21)25(29-30-26)22-12-6-3-7-13-22/h2-14,19,32H,15-18H2,1H3. The Balaban J connectivity index is 1.45. The maximum atomic E-state index is 11.3. The second-order valence-corrected chi connectivity index (χ2v) is 8.43. The van der Waals surface area contributed by atoms with Crippen LogP contribution in [0.4, 0.5) is 5.95 Å². The van der Waals surface area contributed by atoms with Crippen molar-refractivity contribution in [2.75, 3.05) is 18.0 Å². The summed E-state index contributed by atoms with van der Waals surface area (Å²) >= 11 is 0. The Bertz CT molecular complexity index is 1200. The molecule has 1 aliphatic heterocycles. The fourth-order valence-corrected chi connectivity index (χ4v) is 4.34. The van der Waals surface area contributed by atoms with Crippen LogP contribution >= 0.6 is 0 Å². The number of anilines is 1. The van der Waals surface area contributed by atoms with Crippen molar-refractivity contribution in [2.45, 2.75) is 25.4 Å². The molecule has 0 aliphatic carbocycles. The van der Waals surface area contributed by atoms with E-state index in [9.17, 15) is 5.11 Å². The highest BCUT2D eigenvalue weighted by molar-refractivity contribution is 5.78. The van der Waals surface area contributed by atoms with Crippen molar-refractivity contribution >= 4 is 5.95 Å². The van der Waals surface area contributed by atoms with E-state index in [0.29, 0.717) is 31.9 Å². The molecule has 160 valence electrons. The lowest BCUT2D eigenvalue weighted by molar-refractivity contribution is 0.0114. The average Bonchev–Trinajstić information content (AvgIpc) is 2.85. The zero-order chi connectivity index (χ0) is 22.0. The summed E-state index contributed by atoms with van der Waals surface area (Å²) in [7, 11) is 0. The van der Waals surface area contributed by atoms with Crippen LogP contribution in [0.15, 0.2) is 84.9 Å². The van der Waals surface area contributed by atoms with E-state index in [4.69, 9.17) is 4.98 Å². The molecule has 1 N–H and O–H groups in total. The average molecular weight is 423 g/mol. The smallest absolute Gasteiger partial charge is 0.245 e. The van der Waals surface area contributed by atoms with Crippen LogP contribution in [0.25, 0.3) is 22.5 Å². The van der Waals surface area contributed by atoms with E-state index in [-0.39, 0.29) is 0 Å². The molecule has 32 heavy (non-hydrogen) atoms. The minimum atomic E-state index is -0.817. The van der Waals surface area contributed by atoms with E-state index in [0.717, 1.165) is 33.6 Å². The monoisotopic (exact) mass is 422 g/mol. The third-order valence-electron chi connectivity index (χ3n) is 6.20. The van der Waals surface area contributed by atoms with Crippen LogP contribution in [0, 0.1) is 6.92 Å². The topological polar surface area (TPSA) is 62.1 Å². The largest absolute Gasteiger partial charge is 0.385 e. The Hall–Kier alpha value is -3.57. The van der Waals surface area contributed by atoms with Crippen LogP contribution in [0.3, 0.4) is 0 Å². The van der Waals surface area contributed by atoms with Crippen LogP contribution in [0.2, 0.25) is 0 Å². The van der Waals surface area contributed by atoms with Crippen molar-refractivity contribution in [3.05, 3.63) is 96.1 Å². The molecule has 0 amide bonds. The second-order valence-electron chi connectivity index (χ2n) is 8.43. The summed E-state index contributed by atoms with van der Waals surface area (Å²) in [4.78, 5) is 7.07. The molecule has 1 aromatic heterocycles. The third kappa shape index (κ3) is 3.99. The molecule has 0 atom stereocenters. The Morgan fingerprint density at radius 2 is 1.38 bits per heavy atom. The van der Waals surface area contributed by atoms with Gasteiger partial charge < -0.3 is 10.0 Å². The molecule has 5 nitrogen and oxygen atoms in total. The van der Waals surface area contributed by atoms with Crippen molar-refractivity contribution in [3.8, 4) is 22.5 Å². The summed E-state index contributed by atoms with van der Waals surface area (Å²) in [6.45, 7) is 3.40. The van der Waals surface area contributed by atoms with Crippen molar-refractivity contribution in [1.82, 2.24) is 15.2 Å². The molecule has 1 aliphatic rings. The van der Waals surface area contributed by atoms with E-state index in [1.807, 2.05) is 72.8 Å². The van der Waals surface area contributed by atoms with Gasteiger partial charge in [-0.15, -0.1) is 10.2 Å². The van der Waals surface area contributed by atoms with Gasteiger partial charge in [-0.1, -0.05) is 90.5 Å². The van der Waals surface area contributed by atoms with E-state index < -0.39 is 5.60 Å². The van der Waals surface area contributed by atoms with Gasteiger partial charge in [-0.05, 0) is 25.3 Å². The molecule has 1 fully saturated rings. The van der Waals surface area contributed by atoms with E-state index in [2.05, 4.69) is 34.2 Å². The van der Waals surface area contributed by atoms with Crippen LogP contribution in [-0.4, -0.2) is 33.4 Å². The zero-order valence-corrected chi connectivity index (χ0v) is 18.1. The first-order chi connectivity index (χ1) is 15.6. The van der Waals surface area contributed by atoms with Gasteiger partial charge in [0.05, 0.1) is 5.60 Å². The Morgan fingerprint density at radius 1 is 0.750 bits per heavy atom. The van der Waals surface area contributed by atoms with E-state index in [1.54, 1.807) is 0 Å². The van der Waals surface area contributed by atoms with Crippen LogP contribution in [-0.2, 0) is 5.60 Å². The molecule has 5 heteroatoms. The van der Waals surface area contributed by atoms with Gasteiger partial charge in [0.1, 0.15) is 11.4 Å². The summed E-state index contributed by atoms with van der Waals surface area (Å²) in [5.41, 5.74) is 4.93. The summed E-state index contributed by atoms with van der Waals surface area (Å²) in [5.74, 6) is 0.606. The number of aryl methyl sites for hydroxylation is 1. The Labute approximate surface area is 188 Å². The van der Waals surface area contributed by atoms with Crippen molar-refractivity contribution in [1.29, 1.82) is 0 Å². The molecule has 5 rings (SSSR count). The third-order valence-corrected chi connectivity index (χ3v) is 6.20. The van der Waals surface area contributed by atoms with Gasteiger partial charge in [-0.2, -0.15) is 0 Å². The van der Waals surface area contributed by atoms with Crippen LogP contribution in [0.5, 0.6) is 0 Å². The molecule has 0 bridgehead atoms. The second kappa shape index (κ2) is 8.52. The van der Waals surface area contributed by atoms with Gasteiger partial charge in [0.15, 0.2) is 0 Å². The van der Waals surface area contributed by atoms with Crippen molar-refractivity contribution in [2.24, 2.45) is 0 Å².